The number of carbonyl (C=O) groups is 2. The molecule has 0 aromatic carbocycles. The second-order valence-electron chi connectivity index (χ2n) is 7.08. The van der Waals surface area contributed by atoms with E-state index in [9.17, 15) is 9.59 Å². The Morgan fingerprint density at radius 1 is 1.24 bits per heavy atom. The summed E-state index contributed by atoms with van der Waals surface area (Å²) in [6, 6.07) is 4.28. The molecule has 3 aliphatic rings. The summed E-state index contributed by atoms with van der Waals surface area (Å²) in [7, 11) is 0. The number of morpholine rings is 1. The molecule has 3 saturated heterocycles. The molecule has 3 aliphatic heterocycles. The summed E-state index contributed by atoms with van der Waals surface area (Å²) in [5.74, 6) is -0.00573. The van der Waals surface area contributed by atoms with Gasteiger partial charge in [0.15, 0.2) is 0 Å². The monoisotopic (exact) mass is 344 g/mol. The Bertz CT molecular complexity index is 626. The average molecular weight is 344 g/mol. The van der Waals surface area contributed by atoms with Gasteiger partial charge in [0.05, 0.1) is 19.1 Å². The van der Waals surface area contributed by atoms with E-state index in [2.05, 4.69) is 9.88 Å². The Balaban J connectivity index is 1.28. The Morgan fingerprint density at radius 2 is 2.04 bits per heavy atom. The number of likely N-dealkylation sites (tertiary alicyclic amines) is 2. The minimum Gasteiger partial charge on any atom is -0.379 e. The molecule has 1 aromatic heterocycles. The molecule has 0 spiro atoms. The summed E-state index contributed by atoms with van der Waals surface area (Å²) in [6.07, 6.45) is 3.82. The number of nitrogens with zero attached hydrogens (tertiary/aromatic N) is 4. The van der Waals surface area contributed by atoms with Gasteiger partial charge in [-0.3, -0.25) is 19.5 Å². The molecule has 0 saturated carbocycles. The molecule has 0 radical (unpaired) electrons. The largest absolute Gasteiger partial charge is 0.379 e. The van der Waals surface area contributed by atoms with Gasteiger partial charge < -0.3 is 14.5 Å². The Morgan fingerprint density at radius 3 is 2.76 bits per heavy atom. The van der Waals surface area contributed by atoms with Crippen molar-refractivity contribution in [3.05, 3.63) is 30.1 Å². The van der Waals surface area contributed by atoms with Crippen molar-refractivity contribution in [2.24, 2.45) is 5.92 Å². The van der Waals surface area contributed by atoms with Gasteiger partial charge in [-0.1, -0.05) is 6.07 Å². The van der Waals surface area contributed by atoms with Crippen molar-refractivity contribution >= 4 is 11.8 Å². The van der Waals surface area contributed by atoms with Crippen LogP contribution in [0.4, 0.5) is 0 Å². The second-order valence-corrected chi connectivity index (χ2v) is 7.08. The van der Waals surface area contributed by atoms with E-state index >= 15 is 0 Å². The lowest BCUT2D eigenvalue weighted by molar-refractivity contribution is -0.144. The van der Waals surface area contributed by atoms with Crippen molar-refractivity contribution in [1.82, 2.24) is 19.7 Å². The standard InChI is InChI=1S/C18H24N4O3/c23-17-8-15(11-21(17)10-14-2-1-3-19-9-14)18(24)22-12-16(13-22)20-4-6-25-7-5-20/h1-3,9,15-16H,4-8,10-13H2/t15-/m0/s1. The predicted octanol–water partition coefficient (Wildman–Crippen LogP) is -0.0269. The molecule has 7 nitrogen and oxygen atoms in total. The molecular formula is C18H24N4O3. The molecule has 4 rings (SSSR count). The summed E-state index contributed by atoms with van der Waals surface area (Å²) in [4.78, 5) is 35.1. The van der Waals surface area contributed by atoms with E-state index < -0.39 is 0 Å². The first kappa shape index (κ1) is 16.5. The van der Waals surface area contributed by atoms with E-state index in [0.29, 0.717) is 25.6 Å². The third-order valence-electron chi connectivity index (χ3n) is 5.40. The van der Waals surface area contributed by atoms with Gasteiger partial charge in [-0.2, -0.15) is 0 Å². The van der Waals surface area contributed by atoms with Crippen LogP contribution in [-0.2, 0) is 20.9 Å². The van der Waals surface area contributed by atoms with Crippen molar-refractivity contribution in [1.29, 1.82) is 0 Å². The van der Waals surface area contributed by atoms with Gasteiger partial charge >= 0.3 is 0 Å². The van der Waals surface area contributed by atoms with Crippen LogP contribution in [-0.4, -0.2) is 83.5 Å². The van der Waals surface area contributed by atoms with E-state index in [1.165, 1.54) is 0 Å². The minimum atomic E-state index is -0.199. The number of amides is 2. The lowest BCUT2D eigenvalue weighted by atomic mass is 10.0. The average Bonchev–Trinajstić information content (AvgIpc) is 2.96. The Labute approximate surface area is 147 Å². The number of pyridine rings is 1. The molecular weight excluding hydrogens is 320 g/mol. The summed E-state index contributed by atoms with van der Waals surface area (Å²) in [5.41, 5.74) is 1.00. The number of rotatable bonds is 4. The zero-order chi connectivity index (χ0) is 17.2. The van der Waals surface area contributed by atoms with Crippen LogP contribution < -0.4 is 0 Å². The van der Waals surface area contributed by atoms with Crippen LogP contribution in [0.25, 0.3) is 0 Å². The number of hydrogen-bond donors (Lipinski definition) is 0. The fourth-order valence-electron chi connectivity index (χ4n) is 3.87. The molecule has 3 fully saturated rings. The second kappa shape index (κ2) is 7.09. The highest BCUT2D eigenvalue weighted by molar-refractivity contribution is 5.89. The predicted molar refractivity (Wildman–Crippen MR) is 90.5 cm³/mol. The van der Waals surface area contributed by atoms with E-state index in [0.717, 1.165) is 45.0 Å². The van der Waals surface area contributed by atoms with Crippen molar-refractivity contribution in [2.75, 3.05) is 45.9 Å². The fourth-order valence-corrected chi connectivity index (χ4v) is 3.87. The van der Waals surface area contributed by atoms with Gasteiger partial charge in [0.2, 0.25) is 11.8 Å². The maximum absolute atomic E-state index is 12.7. The molecule has 1 atom stereocenters. The summed E-state index contributed by atoms with van der Waals surface area (Å²) >= 11 is 0. The van der Waals surface area contributed by atoms with E-state index in [-0.39, 0.29) is 17.7 Å². The third kappa shape index (κ3) is 3.52. The molecule has 2 amide bonds. The minimum absolute atomic E-state index is 0.0625. The van der Waals surface area contributed by atoms with Crippen molar-refractivity contribution in [2.45, 2.75) is 19.0 Å². The van der Waals surface area contributed by atoms with Crippen LogP contribution in [0.1, 0.15) is 12.0 Å². The van der Waals surface area contributed by atoms with Crippen LogP contribution in [0, 0.1) is 5.92 Å². The van der Waals surface area contributed by atoms with Gasteiger partial charge in [0.1, 0.15) is 0 Å². The van der Waals surface area contributed by atoms with E-state index in [1.807, 2.05) is 17.0 Å². The Hall–Kier alpha value is -1.99. The number of aromatic nitrogens is 1. The summed E-state index contributed by atoms with van der Waals surface area (Å²) in [5, 5.41) is 0. The van der Waals surface area contributed by atoms with E-state index in [1.54, 1.807) is 17.3 Å². The Kier molecular flexibility index (Phi) is 4.67. The lowest BCUT2D eigenvalue weighted by Gasteiger charge is -2.47. The van der Waals surface area contributed by atoms with Gasteiger partial charge in [-0.25, -0.2) is 0 Å². The highest BCUT2D eigenvalue weighted by atomic mass is 16.5. The number of carbonyl (C=O) groups excluding carboxylic acids is 2. The van der Waals surface area contributed by atoms with Gasteiger partial charge in [0, 0.05) is 64.1 Å². The molecule has 1 aromatic rings. The van der Waals surface area contributed by atoms with Crippen molar-refractivity contribution in [3.8, 4) is 0 Å². The SMILES string of the molecule is O=C1C[C@H](C(=O)N2CC(N3CCOCC3)C2)CN1Cc1cccnc1. The van der Waals surface area contributed by atoms with E-state index in [4.69, 9.17) is 4.74 Å². The molecule has 7 heteroatoms. The van der Waals surface area contributed by atoms with Gasteiger partial charge in [-0.05, 0) is 11.6 Å². The van der Waals surface area contributed by atoms with Crippen molar-refractivity contribution < 1.29 is 14.3 Å². The highest BCUT2D eigenvalue weighted by Gasteiger charge is 2.41. The maximum Gasteiger partial charge on any atom is 0.228 e. The maximum atomic E-state index is 12.7. The zero-order valence-corrected chi connectivity index (χ0v) is 14.3. The lowest BCUT2D eigenvalue weighted by Crippen LogP contribution is -2.63. The smallest absolute Gasteiger partial charge is 0.228 e. The van der Waals surface area contributed by atoms with Crippen LogP contribution in [0.15, 0.2) is 24.5 Å². The molecule has 0 bridgehead atoms. The molecule has 134 valence electrons. The first-order valence-corrected chi connectivity index (χ1v) is 8.98. The number of hydrogen-bond acceptors (Lipinski definition) is 5. The molecule has 0 unspecified atom stereocenters. The first-order chi connectivity index (χ1) is 12.2. The number of ether oxygens (including phenoxy) is 1. The highest BCUT2D eigenvalue weighted by Crippen LogP contribution is 2.25. The molecule has 0 aliphatic carbocycles. The van der Waals surface area contributed by atoms with Crippen LogP contribution in [0.5, 0.6) is 0 Å². The molecule has 0 N–H and O–H groups in total. The third-order valence-corrected chi connectivity index (χ3v) is 5.40. The van der Waals surface area contributed by atoms with Crippen LogP contribution in [0.3, 0.4) is 0 Å². The summed E-state index contributed by atoms with van der Waals surface area (Å²) in [6.45, 7) is 6.09. The van der Waals surface area contributed by atoms with Gasteiger partial charge in [0.25, 0.3) is 0 Å². The first-order valence-electron chi connectivity index (χ1n) is 8.98. The van der Waals surface area contributed by atoms with Gasteiger partial charge in [-0.15, -0.1) is 0 Å². The van der Waals surface area contributed by atoms with Crippen molar-refractivity contribution in [3.63, 3.8) is 0 Å². The molecule has 25 heavy (non-hydrogen) atoms. The zero-order valence-electron chi connectivity index (χ0n) is 14.3. The molecule has 4 heterocycles. The normalized spacial score (nSPS) is 25.3. The topological polar surface area (TPSA) is 66.0 Å². The summed E-state index contributed by atoms with van der Waals surface area (Å²) < 4.78 is 5.38. The quantitative estimate of drug-likeness (QED) is 0.768. The van der Waals surface area contributed by atoms with Crippen LogP contribution >= 0.6 is 0 Å². The fraction of sp³-hybridized carbons (Fsp3) is 0.611. The van der Waals surface area contributed by atoms with Crippen LogP contribution in [0.2, 0.25) is 0 Å².